The molecule has 3 rings (SSSR count). The van der Waals surface area contributed by atoms with E-state index < -0.39 is 27.9 Å². The molecule has 1 aromatic carbocycles. The molecule has 1 aromatic heterocycles. The maximum Gasteiger partial charge on any atom is 0.317 e. The Morgan fingerprint density at radius 3 is 2.34 bits per heavy atom. The molecule has 1 saturated heterocycles. The number of nitrogens with one attached hydrogen (secondary N) is 2. The molecule has 0 spiro atoms. The minimum atomic E-state index is -4.17. The minimum Gasteiger partial charge on any atom is -0.497 e. The van der Waals surface area contributed by atoms with Crippen LogP contribution in [0.25, 0.3) is 0 Å². The number of nitrogens with zero attached hydrogens (tertiary/aromatic N) is 3. The van der Waals surface area contributed by atoms with Crippen molar-refractivity contribution in [1.82, 2.24) is 25.0 Å². The predicted octanol–water partition coefficient (Wildman–Crippen LogP) is 1.60. The number of methoxy groups -OCH3 is 1. The van der Waals surface area contributed by atoms with E-state index in [4.69, 9.17) is 4.74 Å². The Balaban J connectivity index is 1.97. The highest BCUT2D eigenvalue weighted by Gasteiger charge is 2.42. The van der Waals surface area contributed by atoms with E-state index in [0.717, 1.165) is 4.31 Å². The number of amides is 3. The summed E-state index contributed by atoms with van der Waals surface area (Å²) in [7, 11) is -2.69. The third kappa shape index (κ3) is 6.27. The molecule has 12 heteroatoms. The number of ether oxygens (including phenoxy) is 1. The summed E-state index contributed by atoms with van der Waals surface area (Å²) in [5.41, 5.74) is 2.29. The number of carbonyl (C=O) groups excluding carboxylic acids is 2. The lowest BCUT2D eigenvalue weighted by molar-refractivity contribution is -0.135. The number of rotatable bonds is 9. The Kier molecular flexibility index (Phi) is 9.01. The number of aromatic nitrogens is 1. The Morgan fingerprint density at radius 1 is 1.17 bits per heavy atom. The van der Waals surface area contributed by atoms with E-state index in [1.807, 2.05) is 6.92 Å². The third-order valence-electron chi connectivity index (χ3n) is 6.04. The maximum atomic E-state index is 13.8. The van der Waals surface area contributed by atoms with Crippen molar-refractivity contribution in [1.29, 1.82) is 0 Å². The van der Waals surface area contributed by atoms with Crippen LogP contribution in [0.15, 0.2) is 53.7 Å². The molecule has 11 nitrogen and oxygen atoms in total. The SMILES string of the molecule is CCNC(=O)N1CCC([C@H](C(=O)NO)N(Cc2ccncc2)S(=O)(=O)c2ccc(OC)cc2)CC1. The molecule has 0 saturated carbocycles. The second-order valence-electron chi connectivity index (χ2n) is 8.16. The van der Waals surface area contributed by atoms with Crippen LogP contribution >= 0.6 is 0 Å². The van der Waals surface area contributed by atoms with Gasteiger partial charge in [0.05, 0.1) is 12.0 Å². The number of hydrogen-bond donors (Lipinski definition) is 3. The topological polar surface area (TPSA) is 141 Å². The Bertz CT molecular complexity index is 1090. The first-order valence-electron chi connectivity index (χ1n) is 11.3. The van der Waals surface area contributed by atoms with E-state index in [9.17, 15) is 23.2 Å². The summed E-state index contributed by atoms with van der Waals surface area (Å²) in [6, 6.07) is 7.83. The van der Waals surface area contributed by atoms with Crippen LogP contribution in [0.1, 0.15) is 25.3 Å². The largest absolute Gasteiger partial charge is 0.497 e. The van der Waals surface area contributed by atoms with Crippen LogP contribution in [0.2, 0.25) is 0 Å². The highest BCUT2D eigenvalue weighted by atomic mass is 32.2. The normalized spacial score (nSPS) is 15.5. The Morgan fingerprint density at radius 2 is 1.80 bits per heavy atom. The molecular formula is C23H31N5O6S. The van der Waals surface area contributed by atoms with Gasteiger partial charge in [0.25, 0.3) is 5.91 Å². The van der Waals surface area contributed by atoms with Gasteiger partial charge in [-0.15, -0.1) is 0 Å². The molecule has 2 aromatic rings. The second-order valence-corrected chi connectivity index (χ2v) is 10.1. The number of benzene rings is 1. The van der Waals surface area contributed by atoms with E-state index in [0.29, 0.717) is 43.8 Å². The molecule has 0 radical (unpaired) electrons. The number of likely N-dealkylation sites (tertiary alicyclic amines) is 1. The smallest absolute Gasteiger partial charge is 0.317 e. The molecule has 190 valence electrons. The number of hydrogen-bond acceptors (Lipinski definition) is 7. The summed E-state index contributed by atoms with van der Waals surface area (Å²) in [5, 5.41) is 12.3. The molecule has 0 bridgehead atoms. The molecule has 0 unspecified atom stereocenters. The summed E-state index contributed by atoms with van der Waals surface area (Å²) in [4.78, 5) is 30.8. The van der Waals surface area contributed by atoms with Crippen LogP contribution in [0.5, 0.6) is 5.75 Å². The molecule has 3 N–H and O–H groups in total. The Labute approximate surface area is 205 Å². The lowest BCUT2D eigenvalue weighted by Crippen LogP contribution is -2.55. The molecular weight excluding hydrogens is 474 g/mol. The summed E-state index contributed by atoms with van der Waals surface area (Å²) in [6.07, 6.45) is 3.86. The van der Waals surface area contributed by atoms with E-state index in [2.05, 4.69) is 10.3 Å². The first-order chi connectivity index (χ1) is 16.8. The average Bonchev–Trinajstić information content (AvgIpc) is 2.89. The fourth-order valence-electron chi connectivity index (χ4n) is 4.21. The fraction of sp³-hybridized carbons (Fsp3) is 0.435. The zero-order chi connectivity index (χ0) is 25.4. The average molecular weight is 506 g/mol. The van der Waals surface area contributed by atoms with Gasteiger partial charge in [0.15, 0.2) is 0 Å². The van der Waals surface area contributed by atoms with Crippen molar-refractivity contribution < 1.29 is 28.0 Å². The van der Waals surface area contributed by atoms with Gasteiger partial charge in [0, 0.05) is 38.6 Å². The number of urea groups is 1. The van der Waals surface area contributed by atoms with E-state index in [1.165, 1.54) is 31.4 Å². The standard InChI is InChI=1S/C23H31N5O6S/c1-3-25-23(30)27-14-10-18(11-15-27)21(22(29)26-31)28(16-17-8-12-24-13-9-17)35(32,33)20-6-4-19(34-2)5-7-20/h4-9,12-13,18,21,31H,3,10-11,14-16H2,1-2H3,(H,25,30)(H,26,29)/t21-/m1/s1. The number of hydroxylamine groups is 1. The van der Waals surface area contributed by atoms with Crippen LogP contribution in [0.4, 0.5) is 4.79 Å². The zero-order valence-electron chi connectivity index (χ0n) is 19.8. The lowest BCUT2D eigenvalue weighted by Gasteiger charge is -2.39. The molecule has 1 aliphatic rings. The van der Waals surface area contributed by atoms with Crippen molar-refractivity contribution >= 4 is 22.0 Å². The van der Waals surface area contributed by atoms with Gasteiger partial charge in [-0.2, -0.15) is 4.31 Å². The van der Waals surface area contributed by atoms with Gasteiger partial charge in [-0.25, -0.2) is 18.7 Å². The van der Waals surface area contributed by atoms with Crippen LogP contribution in [0, 0.1) is 5.92 Å². The second kappa shape index (κ2) is 12.0. The van der Waals surface area contributed by atoms with Gasteiger partial charge in [-0.1, -0.05) is 0 Å². The van der Waals surface area contributed by atoms with Gasteiger partial charge in [0.1, 0.15) is 11.8 Å². The van der Waals surface area contributed by atoms with Crippen molar-refractivity contribution in [2.45, 2.75) is 37.2 Å². The van der Waals surface area contributed by atoms with E-state index in [1.54, 1.807) is 34.9 Å². The fourth-order valence-corrected chi connectivity index (χ4v) is 5.85. The van der Waals surface area contributed by atoms with Gasteiger partial charge in [-0.3, -0.25) is 15.0 Å². The monoisotopic (exact) mass is 505 g/mol. The quantitative estimate of drug-likeness (QED) is 0.347. The number of pyridine rings is 1. The molecule has 0 aliphatic carbocycles. The molecule has 1 atom stereocenters. The summed E-state index contributed by atoms with van der Waals surface area (Å²) in [6.45, 7) is 2.93. The molecule has 2 heterocycles. The van der Waals surface area contributed by atoms with E-state index in [-0.39, 0.29) is 17.5 Å². The first-order valence-corrected chi connectivity index (χ1v) is 12.8. The molecule has 1 fully saturated rings. The van der Waals surface area contributed by atoms with Crippen molar-refractivity contribution in [3.8, 4) is 5.75 Å². The van der Waals surface area contributed by atoms with Gasteiger partial charge >= 0.3 is 6.03 Å². The number of sulfonamides is 1. The molecule has 3 amide bonds. The van der Waals surface area contributed by atoms with Crippen molar-refractivity contribution in [2.75, 3.05) is 26.7 Å². The Hall–Kier alpha value is -3.22. The van der Waals surface area contributed by atoms with Gasteiger partial charge in [-0.05, 0) is 67.6 Å². The summed E-state index contributed by atoms with van der Waals surface area (Å²) in [5.74, 6) is -0.762. The van der Waals surface area contributed by atoms with Crippen molar-refractivity contribution in [3.05, 3.63) is 54.4 Å². The third-order valence-corrected chi connectivity index (χ3v) is 7.89. The van der Waals surface area contributed by atoms with Crippen LogP contribution in [-0.4, -0.2) is 72.5 Å². The van der Waals surface area contributed by atoms with E-state index >= 15 is 0 Å². The van der Waals surface area contributed by atoms with Crippen LogP contribution in [-0.2, 0) is 21.4 Å². The predicted molar refractivity (Wildman–Crippen MR) is 127 cm³/mol. The first kappa shape index (κ1) is 26.4. The maximum absolute atomic E-state index is 13.8. The highest BCUT2D eigenvalue weighted by molar-refractivity contribution is 7.89. The summed E-state index contributed by atoms with van der Waals surface area (Å²) >= 11 is 0. The molecule has 1 aliphatic heterocycles. The number of piperidine rings is 1. The zero-order valence-corrected chi connectivity index (χ0v) is 20.6. The highest BCUT2D eigenvalue weighted by Crippen LogP contribution is 2.31. The van der Waals surface area contributed by atoms with Gasteiger partial charge in [0.2, 0.25) is 10.0 Å². The summed E-state index contributed by atoms with van der Waals surface area (Å²) < 4.78 is 33.9. The van der Waals surface area contributed by atoms with Crippen LogP contribution in [0.3, 0.4) is 0 Å². The molecule has 35 heavy (non-hydrogen) atoms. The van der Waals surface area contributed by atoms with Crippen molar-refractivity contribution in [3.63, 3.8) is 0 Å². The minimum absolute atomic E-state index is 0.0112. The number of carbonyl (C=O) groups is 2. The van der Waals surface area contributed by atoms with Crippen molar-refractivity contribution in [2.24, 2.45) is 5.92 Å². The van der Waals surface area contributed by atoms with Crippen LogP contribution < -0.4 is 15.5 Å². The lowest BCUT2D eigenvalue weighted by atomic mass is 9.88. The van der Waals surface area contributed by atoms with Gasteiger partial charge < -0.3 is 15.0 Å².